The summed E-state index contributed by atoms with van der Waals surface area (Å²) in [5, 5.41) is 3.62. The summed E-state index contributed by atoms with van der Waals surface area (Å²) in [6.07, 6.45) is 7.25. The van der Waals surface area contributed by atoms with E-state index in [1.807, 2.05) is 4.90 Å². The Hall–Kier alpha value is -3.01. The largest absolute Gasteiger partial charge is 0.364 e. The number of pyridine rings is 1. The number of anilines is 1. The van der Waals surface area contributed by atoms with E-state index in [9.17, 15) is 22.0 Å². The molecule has 1 aromatic carbocycles. The summed E-state index contributed by atoms with van der Waals surface area (Å²) < 4.78 is 57.1. The van der Waals surface area contributed by atoms with Gasteiger partial charge in [0.25, 0.3) is 5.91 Å². The van der Waals surface area contributed by atoms with Crippen molar-refractivity contribution in [1.82, 2.24) is 14.3 Å². The van der Waals surface area contributed by atoms with Crippen LogP contribution in [-0.2, 0) is 10.0 Å². The van der Waals surface area contributed by atoms with Crippen LogP contribution in [0.15, 0.2) is 42.7 Å². The van der Waals surface area contributed by atoms with Crippen molar-refractivity contribution in [1.29, 1.82) is 0 Å². The lowest BCUT2D eigenvalue weighted by Gasteiger charge is -2.27. The number of carbonyl (C=O) groups excluding carboxylic acids is 1. The van der Waals surface area contributed by atoms with Crippen molar-refractivity contribution in [3.63, 3.8) is 0 Å². The minimum Gasteiger partial charge on any atom is -0.364 e. The smallest absolute Gasteiger partial charge is 0.268 e. The highest BCUT2D eigenvalue weighted by Crippen LogP contribution is 2.38. The molecule has 1 amide bonds. The SMILES string of the molecule is O=C(NS(=O)(=O)C1CCCC1)c1cnn2ccc(N3CCC[C@@H]3c3cc(F)ccc3F)cc12. The number of aromatic nitrogens is 2. The maximum atomic E-state index is 14.5. The first-order valence-corrected chi connectivity index (χ1v) is 12.6. The molecule has 2 aliphatic rings. The number of amides is 1. The third-order valence-corrected chi connectivity index (χ3v) is 8.45. The van der Waals surface area contributed by atoms with Crippen LogP contribution in [0.2, 0.25) is 0 Å². The third kappa shape index (κ3) is 4.07. The Kier molecular flexibility index (Phi) is 5.55. The normalized spacial score (nSPS) is 19.5. The molecule has 0 radical (unpaired) electrons. The van der Waals surface area contributed by atoms with Gasteiger partial charge in [-0.15, -0.1) is 0 Å². The van der Waals surface area contributed by atoms with Crippen molar-refractivity contribution < 1.29 is 22.0 Å². The summed E-state index contributed by atoms with van der Waals surface area (Å²) in [6, 6.07) is 6.65. The highest BCUT2D eigenvalue weighted by molar-refractivity contribution is 7.90. The first kappa shape index (κ1) is 21.8. The predicted octanol–water partition coefficient (Wildman–Crippen LogP) is 3.96. The molecule has 0 bridgehead atoms. The van der Waals surface area contributed by atoms with Crippen LogP contribution in [0.1, 0.15) is 60.5 Å². The van der Waals surface area contributed by atoms with E-state index in [4.69, 9.17) is 0 Å². The number of sulfonamides is 1. The van der Waals surface area contributed by atoms with Crippen molar-refractivity contribution in [3.8, 4) is 0 Å². The van der Waals surface area contributed by atoms with E-state index in [2.05, 4.69) is 9.82 Å². The van der Waals surface area contributed by atoms with Gasteiger partial charge >= 0.3 is 0 Å². The number of halogens is 2. The van der Waals surface area contributed by atoms with Crippen LogP contribution in [0.3, 0.4) is 0 Å². The maximum absolute atomic E-state index is 14.5. The van der Waals surface area contributed by atoms with Gasteiger partial charge in [-0.2, -0.15) is 5.10 Å². The molecule has 3 aromatic rings. The third-order valence-electron chi connectivity index (χ3n) is 6.63. The number of benzene rings is 1. The standard InChI is InChI=1S/C23H24F2N4O3S/c24-15-7-8-20(25)18(12-15)21-6-3-10-28(21)16-9-11-29-22(13-16)19(14-26-29)23(30)27-33(31,32)17-4-1-2-5-17/h7-9,11-14,17,21H,1-6,10H2,(H,27,30)/t21-/m1/s1. The number of hydrogen-bond acceptors (Lipinski definition) is 5. The Morgan fingerprint density at radius 3 is 2.64 bits per heavy atom. The lowest BCUT2D eigenvalue weighted by molar-refractivity contribution is 0.0982. The summed E-state index contributed by atoms with van der Waals surface area (Å²) in [5.74, 6) is -1.67. The Balaban J connectivity index is 1.45. The number of hydrogen-bond donors (Lipinski definition) is 1. The second-order valence-corrected chi connectivity index (χ2v) is 10.6. The van der Waals surface area contributed by atoms with Crippen molar-refractivity contribution >= 4 is 27.1 Å². The van der Waals surface area contributed by atoms with E-state index in [1.165, 1.54) is 16.8 Å². The first-order chi connectivity index (χ1) is 15.8. The Bertz CT molecular complexity index is 1320. The van der Waals surface area contributed by atoms with Gasteiger partial charge in [-0.3, -0.25) is 4.79 Å². The van der Waals surface area contributed by atoms with Gasteiger partial charge in [0.15, 0.2) is 0 Å². The number of rotatable bonds is 5. The molecule has 1 saturated carbocycles. The van der Waals surface area contributed by atoms with Gasteiger partial charge in [-0.05, 0) is 56.0 Å². The topological polar surface area (TPSA) is 83.8 Å². The molecule has 174 valence electrons. The Morgan fingerprint density at radius 2 is 1.85 bits per heavy atom. The van der Waals surface area contributed by atoms with Crippen molar-refractivity contribution in [3.05, 3.63) is 65.5 Å². The zero-order valence-electron chi connectivity index (χ0n) is 17.9. The number of nitrogens with one attached hydrogen (secondary N) is 1. The van der Waals surface area contributed by atoms with E-state index in [0.717, 1.165) is 37.1 Å². The van der Waals surface area contributed by atoms with Crippen LogP contribution in [0.4, 0.5) is 14.5 Å². The summed E-state index contributed by atoms with van der Waals surface area (Å²) in [5.41, 5.74) is 1.60. The van der Waals surface area contributed by atoms with Gasteiger partial charge in [0, 0.05) is 24.0 Å². The average molecular weight is 475 g/mol. The highest BCUT2D eigenvalue weighted by atomic mass is 32.2. The summed E-state index contributed by atoms with van der Waals surface area (Å²) in [7, 11) is -3.76. The molecule has 2 aromatic heterocycles. The minimum absolute atomic E-state index is 0.145. The molecule has 2 fully saturated rings. The molecule has 33 heavy (non-hydrogen) atoms. The molecule has 1 N–H and O–H groups in total. The molecule has 1 saturated heterocycles. The molecule has 5 rings (SSSR count). The van der Waals surface area contributed by atoms with Crippen LogP contribution in [-0.4, -0.2) is 35.7 Å². The van der Waals surface area contributed by atoms with Crippen LogP contribution in [0, 0.1) is 11.6 Å². The van der Waals surface area contributed by atoms with Crippen molar-refractivity contribution in [2.45, 2.75) is 49.8 Å². The Morgan fingerprint density at radius 1 is 1.06 bits per heavy atom. The van der Waals surface area contributed by atoms with Gasteiger partial charge in [0.1, 0.15) is 11.6 Å². The van der Waals surface area contributed by atoms with Gasteiger partial charge in [0.2, 0.25) is 10.0 Å². The average Bonchev–Trinajstić information content (AvgIpc) is 3.54. The molecule has 0 unspecified atom stereocenters. The van der Waals surface area contributed by atoms with Crippen molar-refractivity contribution in [2.24, 2.45) is 0 Å². The first-order valence-electron chi connectivity index (χ1n) is 11.1. The fourth-order valence-electron chi connectivity index (χ4n) is 4.96. The molecule has 0 spiro atoms. The fourth-order valence-corrected chi connectivity index (χ4v) is 6.45. The predicted molar refractivity (Wildman–Crippen MR) is 120 cm³/mol. The summed E-state index contributed by atoms with van der Waals surface area (Å²) in [4.78, 5) is 14.8. The summed E-state index contributed by atoms with van der Waals surface area (Å²) in [6.45, 7) is 0.641. The maximum Gasteiger partial charge on any atom is 0.268 e. The number of nitrogens with zero attached hydrogens (tertiary/aromatic N) is 3. The van der Waals surface area contributed by atoms with E-state index in [-0.39, 0.29) is 11.6 Å². The molecule has 1 atom stereocenters. The Labute approximate surface area is 190 Å². The lowest BCUT2D eigenvalue weighted by atomic mass is 10.0. The van der Waals surface area contributed by atoms with E-state index in [1.54, 1.807) is 18.3 Å². The van der Waals surface area contributed by atoms with E-state index in [0.29, 0.717) is 36.9 Å². The molecule has 7 nitrogen and oxygen atoms in total. The zero-order chi connectivity index (χ0) is 23.2. The van der Waals surface area contributed by atoms with E-state index >= 15 is 0 Å². The molecular weight excluding hydrogens is 450 g/mol. The molecule has 3 heterocycles. The van der Waals surface area contributed by atoms with Gasteiger partial charge in [0.05, 0.1) is 28.6 Å². The molecular formula is C23H24F2N4O3S. The zero-order valence-corrected chi connectivity index (χ0v) is 18.7. The lowest BCUT2D eigenvalue weighted by Crippen LogP contribution is -2.37. The van der Waals surface area contributed by atoms with Gasteiger partial charge in [-0.25, -0.2) is 26.4 Å². The second kappa shape index (κ2) is 8.40. The van der Waals surface area contributed by atoms with Gasteiger partial charge < -0.3 is 4.90 Å². The van der Waals surface area contributed by atoms with Gasteiger partial charge in [-0.1, -0.05) is 12.8 Å². The molecule has 1 aliphatic carbocycles. The monoisotopic (exact) mass is 474 g/mol. The van der Waals surface area contributed by atoms with Crippen LogP contribution < -0.4 is 9.62 Å². The number of fused-ring (bicyclic) bond motifs is 1. The molecule has 10 heteroatoms. The number of carbonyl (C=O) groups is 1. The van der Waals surface area contributed by atoms with Crippen LogP contribution >= 0.6 is 0 Å². The fraction of sp³-hybridized carbons (Fsp3) is 0.391. The quantitative estimate of drug-likeness (QED) is 0.605. The second-order valence-electron chi connectivity index (χ2n) is 8.67. The summed E-state index contributed by atoms with van der Waals surface area (Å²) >= 11 is 0. The van der Waals surface area contributed by atoms with Crippen LogP contribution in [0.5, 0.6) is 0 Å². The van der Waals surface area contributed by atoms with Crippen LogP contribution in [0.25, 0.3) is 5.52 Å². The highest BCUT2D eigenvalue weighted by Gasteiger charge is 2.32. The van der Waals surface area contributed by atoms with E-state index < -0.39 is 32.8 Å². The molecule has 1 aliphatic heterocycles. The van der Waals surface area contributed by atoms with Crippen molar-refractivity contribution in [2.75, 3.05) is 11.4 Å². The minimum atomic E-state index is -3.76.